The van der Waals surface area contributed by atoms with Crippen LogP contribution in [0.4, 0.5) is 5.69 Å². The van der Waals surface area contributed by atoms with Crippen LogP contribution in [-0.4, -0.2) is 43.8 Å². The Morgan fingerprint density at radius 1 is 0.900 bits per heavy atom. The summed E-state index contributed by atoms with van der Waals surface area (Å²) < 4.78 is 29.0. The number of hydrogen-bond acceptors (Lipinski definition) is 4. The van der Waals surface area contributed by atoms with E-state index in [1.54, 1.807) is 44.2 Å². The van der Waals surface area contributed by atoms with Crippen LogP contribution in [0.1, 0.15) is 49.4 Å². The molecule has 0 bridgehead atoms. The molecule has 2 atom stereocenters. The highest BCUT2D eigenvalue weighted by molar-refractivity contribution is 7.92. The van der Waals surface area contributed by atoms with E-state index in [-0.39, 0.29) is 23.4 Å². The summed E-state index contributed by atoms with van der Waals surface area (Å²) in [5, 5.41) is 3.40. The number of aryl methyl sites for hydroxylation is 3. The molecule has 2 amide bonds. The number of hydrogen-bond donors (Lipinski definition) is 1. The number of carbonyl (C=O) groups excluding carboxylic acids is 2. The second kappa shape index (κ2) is 13.3. The van der Waals surface area contributed by atoms with Crippen LogP contribution in [0, 0.1) is 20.8 Å². The molecule has 9 heteroatoms. The molecule has 0 radical (unpaired) electrons. The van der Waals surface area contributed by atoms with Crippen LogP contribution >= 0.6 is 11.6 Å². The molecule has 0 saturated heterocycles. The fourth-order valence-corrected chi connectivity index (χ4v) is 5.89. The largest absolute Gasteiger partial charge is 0.352 e. The number of carbonyl (C=O) groups is 2. The fraction of sp³-hybridized carbons (Fsp3) is 0.355. The highest BCUT2D eigenvalue weighted by Crippen LogP contribution is 2.29. The van der Waals surface area contributed by atoms with E-state index in [9.17, 15) is 18.0 Å². The van der Waals surface area contributed by atoms with Crippen LogP contribution in [0.5, 0.6) is 0 Å². The molecule has 0 aromatic heterocycles. The summed E-state index contributed by atoms with van der Waals surface area (Å²) in [6.45, 7) is 10.8. The number of sulfonamides is 1. The van der Waals surface area contributed by atoms with Gasteiger partial charge in [0.25, 0.3) is 10.0 Å². The van der Waals surface area contributed by atoms with Crippen LogP contribution in [0.3, 0.4) is 0 Å². The molecule has 0 fully saturated rings. The summed E-state index contributed by atoms with van der Waals surface area (Å²) in [6, 6.07) is 18.1. The van der Waals surface area contributed by atoms with Gasteiger partial charge < -0.3 is 10.2 Å². The van der Waals surface area contributed by atoms with Gasteiger partial charge in [-0.25, -0.2) is 8.42 Å². The number of nitrogens with one attached hydrogen (secondary N) is 1. The molecule has 214 valence electrons. The van der Waals surface area contributed by atoms with E-state index in [1.165, 1.54) is 17.0 Å². The Hall–Kier alpha value is -3.36. The zero-order valence-corrected chi connectivity index (χ0v) is 25.5. The van der Waals surface area contributed by atoms with E-state index in [0.717, 1.165) is 27.4 Å². The van der Waals surface area contributed by atoms with Gasteiger partial charge in [-0.15, -0.1) is 0 Å². The summed E-state index contributed by atoms with van der Waals surface area (Å²) in [4.78, 5) is 28.7. The van der Waals surface area contributed by atoms with Crippen LogP contribution in [-0.2, 0) is 26.2 Å². The molecule has 0 unspecified atom stereocenters. The quantitative estimate of drug-likeness (QED) is 0.309. The van der Waals surface area contributed by atoms with Crippen LogP contribution in [0.15, 0.2) is 71.6 Å². The third-order valence-electron chi connectivity index (χ3n) is 6.96. The molecule has 40 heavy (non-hydrogen) atoms. The Morgan fingerprint density at radius 3 is 2.02 bits per heavy atom. The first kappa shape index (κ1) is 31.2. The minimum absolute atomic E-state index is 0.0629. The molecule has 3 aromatic carbocycles. The molecule has 0 aliphatic carbocycles. The molecule has 7 nitrogen and oxygen atoms in total. The van der Waals surface area contributed by atoms with Gasteiger partial charge >= 0.3 is 0 Å². The van der Waals surface area contributed by atoms with Gasteiger partial charge in [-0.3, -0.25) is 13.9 Å². The van der Waals surface area contributed by atoms with Crippen molar-refractivity contribution in [2.75, 3.05) is 10.8 Å². The summed E-state index contributed by atoms with van der Waals surface area (Å²) in [7, 11) is -4.14. The fourth-order valence-electron chi connectivity index (χ4n) is 4.19. The lowest BCUT2D eigenvalue weighted by Crippen LogP contribution is -2.52. The van der Waals surface area contributed by atoms with Gasteiger partial charge in [-0.05, 0) is 82.5 Å². The second-order valence-electron chi connectivity index (χ2n) is 10.3. The van der Waals surface area contributed by atoms with Crippen molar-refractivity contribution in [3.8, 4) is 0 Å². The Morgan fingerprint density at radius 2 is 1.48 bits per heavy atom. The highest BCUT2D eigenvalue weighted by Gasteiger charge is 2.33. The second-order valence-corrected chi connectivity index (χ2v) is 12.6. The van der Waals surface area contributed by atoms with Crippen molar-refractivity contribution >= 4 is 39.1 Å². The number of nitrogens with zero attached hydrogens (tertiary/aromatic N) is 2. The zero-order valence-electron chi connectivity index (χ0n) is 23.9. The normalized spacial score (nSPS) is 12.9. The van der Waals surface area contributed by atoms with Crippen molar-refractivity contribution < 1.29 is 18.0 Å². The number of rotatable bonds is 11. The summed E-state index contributed by atoms with van der Waals surface area (Å²) >= 11 is 6.17. The van der Waals surface area contributed by atoms with Gasteiger partial charge in [0, 0.05) is 17.6 Å². The van der Waals surface area contributed by atoms with Crippen molar-refractivity contribution in [3.05, 3.63) is 94.0 Å². The monoisotopic (exact) mass is 583 g/mol. The lowest BCUT2D eigenvalue weighted by atomic mass is 10.1. The summed E-state index contributed by atoms with van der Waals surface area (Å²) in [6.07, 6.45) is 0.739. The summed E-state index contributed by atoms with van der Waals surface area (Å²) in [5.41, 5.74) is 3.75. The Kier molecular flexibility index (Phi) is 10.4. The standard InChI is InChI=1S/C31H38ClN3O4S/c1-7-24(5)33-31(37)25(6)34(19-26-12-8-21(2)9-13-26)30(36)20-35(29-17-14-27(32)18-23(29)4)40(38,39)28-15-10-22(3)11-16-28/h8-18,24-25H,7,19-20H2,1-6H3,(H,33,37)/t24-,25+/m1/s1. The first-order valence-corrected chi connectivity index (χ1v) is 15.2. The van der Waals surface area contributed by atoms with Gasteiger partial charge in [0.15, 0.2) is 0 Å². The number of amides is 2. The maximum absolute atomic E-state index is 14.0. The molecular weight excluding hydrogens is 546 g/mol. The van der Waals surface area contributed by atoms with Gasteiger partial charge in [0.2, 0.25) is 11.8 Å². The molecule has 0 aliphatic rings. The first-order valence-electron chi connectivity index (χ1n) is 13.3. The van der Waals surface area contributed by atoms with E-state index in [4.69, 9.17) is 11.6 Å². The predicted octanol–water partition coefficient (Wildman–Crippen LogP) is 5.79. The molecule has 1 N–H and O–H groups in total. The van der Waals surface area contributed by atoms with E-state index < -0.39 is 28.5 Å². The van der Waals surface area contributed by atoms with Crippen LogP contribution in [0.2, 0.25) is 5.02 Å². The molecular formula is C31H38ClN3O4S. The molecule has 3 rings (SSSR count). The molecule has 3 aromatic rings. The van der Waals surface area contributed by atoms with Gasteiger partial charge in [-0.2, -0.15) is 0 Å². The van der Waals surface area contributed by atoms with Crippen molar-refractivity contribution in [1.29, 1.82) is 0 Å². The van der Waals surface area contributed by atoms with E-state index >= 15 is 0 Å². The zero-order chi connectivity index (χ0) is 29.6. The number of halogens is 1. The molecule has 0 aliphatic heterocycles. The SMILES string of the molecule is CC[C@@H](C)NC(=O)[C@H](C)N(Cc1ccc(C)cc1)C(=O)CN(c1ccc(Cl)cc1C)S(=O)(=O)c1ccc(C)cc1. The Bertz CT molecular complexity index is 1440. The number of benzene rings is 3. The van der Waals surface area contributed by atoms with Crippen LogP contribution in [0.25, 0.3) is 0 Å². The molecule has 0 spiro atoms. The Labute approximate surface area is 243 Å². The minimum atomic E-state index is -4.14. The average Bonchev–Trinajstić information content (AvgIpc) is 2.91. The van der Waals surface area contributed by atoms with E-state index in [0.29, 0.717) is 16.3 Å². The smallest absolute Gasteiger partial charge is 0.264 e. The minimum Gasteiger partial charge on any atom is -0.352 e. The maximum atomic E-state index is 14.0. The van der Waals surface area contributed by atoms with E-state index in [1.807, 2.05) is 52.0 Å². The lowest BCUT2D eigenvalue weighted by molar-refractivity contribution is -0.139. The average molecular weight is 584 g/mol. The third-order valence-corrected chi connectivity index (χ3v) is 8.97. The van der Waals surface area contributed by atoms with Crippen molar-refractivity contribution in [3.63, 3.8) is 0 Å². The topological polar surface area (TPSA) is 86.8 Å². The Balaban J connectivity index is 2.05. The van der Waals surface area contributed by atoms with Gasteiger partial charge in [-0.1, -0.05) is 66.0 Å². The van der Waals surface area contributed by atoms with Crippen molar-refractivity contribution in [2.24, 2.45) is 0 Å². The predicted molar refractivity (Wildman–Crippen MR) is 161 cm³/mol. The highest BCUT2D eigenvalue weighted by atomic mass is 35.5. The summed E-state index contributed by atoms with van der Waals surface area (Å²) in [5.74, 6) is -0.803. The molecule has 0 saturated carbocycles. The first-order chi connectivity index (χ1) is 18.8. The van der Waals surface area contributed by atoms with Crippen LogP contribution < -0.4 is 9.62 Å². The van der Waals surface area contributed by atoms with Crippen molar-refractivity contribution in [2.45, 2.75) is 71.5 Å². The lowest BCUT2D eigenvalue weighted by Gasteiger charge is -2.33. The third kappa shape index (κ3) is 7.64. The molecule has 0 heterocycles. The van der Waals surface area contributed by atoms with Gasteiger partial charge in [0.05, 0.1) is 10.6 Å². The van der Waals surface area contributed by atoms with E-state index in [2.05, 4.69) is 5.32 Å². The van der Waals surface area contributed by atoms with Gasteiger partial charge in [0.1, 0.15) is 12.6 Å². The number of anilines is 1. The van der Waals surface area contributed by atoms with Crippen molar-refractivity contribution in [1.82, 2.24) is 10.2 Å². The maximum Gasteiger partial charge on any atom is 0.264 e.